The van der Waals surface area contributed by atoms with Crippen LogP contribution in [-0.2, 0) is 6.42 Å². The van der Waals surface area contributed by atoms with E-state index in [-0.39, 0.29) is 5.82 Å². The molecule has 148 valence electrons. The zero-order valence-corrected chi connectivity index (χ0v) is 17.1. The average Bonchev–Trinajstić information content (AvgIpc) is 2.69. The maximum atomic E-state index is 14.2. The van der Waals surface area contributed by atoms with Crippen molar-refractivity contribution in [3.05, 3.63) is 53.8 Å². The summed E-state index contributed by atoms with van der Waals surface area (Å²) in [5, 5.41) is 0. The Balaban J connectivity index is 1.77. The molecule has 0 aliphatic carbocycles. The monoisotopic (exact) mass is 370 g/mol. The number of unbranched alkanes of at least 4 members (excludes halogenated alkanes) is 7. The molecule has 2 heteroatoms. The summed E-state index contributed by atoms with van der Waals surface area (Å²) in [5.74, 6) is 0.0517. The van der Waals surface area contributed by atoms with Crippen LogP contribution < -0.4 is 4.74 Å². The molecule has 0 heterocycles. The fraction of sp³-hybridized carbons (Fsp3) is 0.520. The summed E-state index contributed by atoms with van der Waals surface area (Å²) in [6.07, 6.45) is 12.8. The fourth-order valence-electron chi connectivity index (χ4n) is 3.34. The molecule has 2 aromatic rings. The summed E-state index contributed by atoms with van der Waals surface area (Å²) in [7, 11) is 0. The Hall–Kier alpha value is -1.83. The van der Waals surface area contributed by atoms with Crippen LogP contribution in [0.2, 0.25) is 0 Å². The molecule has 0 radical (unpaired) electrons. The van der Waals surface area contributed by atoms with Crippen LogP contribution >= 0.6 is 0 Å². The van der Waals surface area contributed by atoms with Crippen LogP contribution in [0, 0.1) is 5.82 Å². The van der Waals surface area contributed by atoms with Crippen LogP contribution in [0.15, 0.2) is 42.5 Å². The first-order chi connectivity index (χ1) is 13.2. The molecule has 2 aromatic carbocycles. The van der Waals surface area contributed by atoms with Crippen LogP contribution in [0.1, 0.15) is 77.2 Å². The highest BCUT2D eigenvalue weighted by Gasteiger charge is 2.06. The molecule has 0 unspecified atom stereocenters. The Morgan fingerprint density at radius 1 is 0.704 bits per heavy atom. The second kappa shape index (κ2) is 12.5. The summed E-state index contributed by atoms with van der Waals surface area (Å²) in [4.78, 5) is 0. The number of benzene rings is 2. The predicted molar refractivity (Wildman–Crippen MR) is 114 cm³/mol. The predicted octanol–water partition coefficient (Wildman–Crippen LogP) is 7.96. The van der Waals surface area contributed by atoms with Gasteiger partial charge in [-0.15, -0.1) is 0 Å². The molecule has 0 aliphatic rings. The van der Waals surface area contributed by atoms with Crippen molar-refractivity contribution in [1.29, 1.82) is 0 Å². The van der Waals surface area contributed by atoms with Crippen molar-refractivity contribution in [3.63, 3.8) is 0 Å². The number of aryl methyl sites for hydroxylation is 1. The quantitative estimate of drug-likeness (QED) is 0.325. The first-order valence-corrected chi connectivity index (χ1v) is 10.8. The van der Waals surface area contributed by atoms with Gasteiger partial charge in [0.15, 0.2) is 11.6 Å². The van der Waals surface area contributed by atoms with E-state index in [9.17, 15) is 4.39 Å². The molecule has 0 aliphatic heterocycles. The number of hydrogen-bond acceptors (Lipinski definition) is 1. The normalized spacial score (nSPS) is 10.9. The topological polar surface area (TPSA) is 9.23 Å². The molecule has 27 heavy (non-hydrogen) atoms. The molecular weight excluding hydrogens is 335 g/mol. The zero-order valence-electron chi connectivity index (χ0n) is 17.1. The van der Waals surface area contributed by atoms with E-state index in [0.717, 1.165) is 24.0 Å². The third-order valence-corrected chi connectivity index (χ3v) is 5.00. The van der Waals surface area contributed by atoms with Crippen molar-refractivity contribution in [3.8, 4) is 16.9 Å². The minimum Gasteiger partial charge on any atom is -0.491 e. The van der Waals surface area contributed by atoms with Crippen molar-refractivity contribution in [2.24, 2.45) is 0 Å². The lowest BCUT2D eigenvalue weighted by Crippen LogP contribution is -1.97. The Kier molecular flexibility index (Phi) is 9.97. The lowest BCUT2D eigenvalue weighted by molar-refractivity contribution is 0.301. The van der Waals surface area contributed by atoms with Crippen molar-refractivity contribution in [2.75, 3.05) is 6.61 Å². The molecule has 0 amide bonds. The molecule has 0 N–H and O–H groups in total. The van der Waals surface area contributed by atoms with E-state index in [2.05, 4.69) is 31.2 Å². The van der Waals surface area contributed by atoms with Gasteiger partial charge >= 0.3 is 0 Å². The number of ether oxygens (including phenoxy) is 1. The Morgan fingerprint density at radius 2 is 1.33 bits per heavy atom. The lowest BCUT2D eigenvalue weighted by atomic mass is 10.0. The van der Waals surface area contributed by atoms with Crippen LogP contribution in [0.25, 0.3) is 11.1 Å². The van der Waals surface area contributed by atoms with Crippen molar-refractivity contribution >= 4 is 0 Å². The van der Waals surface area contributed by atoms with Gasteiger partial charge in [-0.1, -0.05) is 89.1 Å². The highest BCUT2D eigenvalue weighted by atomic mass is 19.1. The van der Waals surface area contributed by atoms with Crippen molar-refractivity contribution < 1.29 is 9.13 Å². The molecule has 0 atom stereocenters. The van der Waals surface area contributed by atoms with E-state index in [1.54, 1.807) is 12.1 Å². The Bertz CT molecular complexity index is 648. The summed E-state index contributed by atoms with van der Waals surface area (Å²) < 4.78 is 19.6. The molecule has 0 spiro atoms. The summed E-state index contributed by atoms with van der Waals surface area (Å²) >= 11 is 0. The Labute approximate surface area is 165 Å². The molecule has 0 saturated carbocycles. The minimum absolute atomic E-state index is 0.288. The van der Waals surface area contributed by atoms with Gasteiger partial charge in [0.25, 0.3) is 0 Å². The van der Waals surface area contributed by atoms with E-state index in [0.29, 0.717) is 12.4 Å². The minimum atomic E-state index is -0.288. The Morgan fingerprint density at radius 3 is 1.96 bits per heavy atom. The maximum Gasteiger partial charge on any atom is 0.165 e. The van der Waals surface area contributed by atoms with E-state index in [1.165, 1.54) is 56.9 Å². The largest absolute Gasteiger partial charge is 0.491 e. The summed E-state index contributed by atoms with van der Waals surface area (Å²) in [6.45, 7) is 4.82. The molecule has 0 bridgehead atoms. The van der Waals surface area contributed by atoms with Gasteiger partial charge in [-0.05, 0) is 48.1 Å². The molecule has 0 saturated heterocycles. The molecule has 0 aromatic heterocycles. The smallest absolute Gasteiger partial charge is 0.165 e. The van der Waals surface area contributed by atoms with Gasteiger partial charge in [0.2, 0.25) is 0 Å². The van der Waals surface area contributed by atoms with E-state index >= 15 is 0 Å². The second-order valence-corrected chi connectivity index (χ2v) is 7.42. The van der Waals surface area contributed by atoms with Gasteiger partial charge in [-0.25, -0.2) is 4.39 Å². The van der Waals surface area contributed by atoms with Gasteiger partial charge in [0.1, 0.15) is 0 Å². The van der Waals surface area contributed by atoms with Gasteiger partial charge in [-0.2, -0.15) is 0 Å². The van der Waals surface area contributed by atoms with Gasteiger partial charge in [0.05, 0.1) is 6.61 Å². The van der Waals surface area contributed by atoms with E-state index in [1.807, 2.05) is 13.0 Å². The zero-order chi connectivity index (χ0) is 19.3. The van der Waals surface area contributed by atoms with Crippen LogP contribution in [0.3, 0.4) is 0 Å². The van der Waals surface area contributed by atoms with Crippen LogP contribution in [0.4, 0.5) is 4.39 Å². The molecule has 0 fully saturated rings. The standard InChI is InChI=1S/C25H35FO/c1-3-5-6-7-8-9-10-11-12-21-13-15-22(16-14-21)23-17-18-25(24(26)20-23)27-19-4-2/h13-18,20H,3-12,19H2,1-2H3. The highest BCUT2D eigenvalue weighted by molar-refractivity contribution is 5.64. The maximum absolute atomic E-state index is 14.2. The second-order valence-electron chi connectivity index (χ2n) is 7.42. The first kappa shape index (κ1) is 21.5. The number of rotatable bonds is 13. The fourth-order valence-corrected chi connectivity index (χ4v) is 3.34. The highest BCUT2D eigenvalue weighted by Crippen LogP contribution is 2.26. The van der Waals surface area contributed by atoms with E-state index in [4.69, 9.17) is 4.74 Å². The summed E-state index contributed by atoms with van der Waals surface area (Å²) in [5.41, 5.74) is 3.32. The van der Waals surface area contributed by atoms with E-state index < -0.39 is 0 Å². The van der Waals surface area contributed by atoms with Gasteiger partial charge in [-0.3, -0.25) is 0 Å². The van der Waals surface area contributed by atoms with Crippen LogP contribution in [-0.4, -0.2) is 6.61 Å². The number of hydrogen-bond donors (Lipinski definition) is 0. The summed E-state index contributed by atoms with van der Waals surface area (Å²) in [6, 6.07) is 13.8. The van der Waals surface area contributed by atoms with Crippen molar-refractivity contribution in [2.45, 2.75) is 78.1 Å². The average molecular weight is 371 g/mol. The SMILES string of the molecule is CCCCCCCCCCc1ccc(-c2ccc(OCCC)c(F)c2)cc1. The van der Waals surface area contributed by atoms with Crippen LogP contribution in [0.5, 0.6) is 5.75 Å². The van der Waals surface area contributed by atoms with Gasteiger partial charge in [0, 0.05) is 0 Å². The number of halogens is 1. The first-order valence-electron chi connectivity index (χ1n) is 10.8. The lowest BCUT2D eigenvalue weighted by Gasteiger charge is -2.09. The molecule has 2 rings (SSSR count). The third-order valence-electron chi connectivity index (χ3n) is 5.00. The van der Waals surface area contributed by atoms with Gasteiger partial charge < -0.3 is 4.74 Å². The third kappa shape index (κ3) is 7.74. The molecular formula is C25H35FO. The molecule has 1 nitrogen and oxygen atoms in total. The van der Waals surface area contributed by atoms with Crippen molar-refractivity contribution in [1.82, 2.24) is 0 Å².